The van der Waals surface area contributed by atoms with Gasteiger partial charge in [-0.05, 0) is 32.6 Å². The summed E-state index contributed by atoms with van der Waals surface area (Å²) in [6.45, 7) is 4.68. The third-order valence-electron chi connectivity index (χ3n) is 2.86. The van der Waals surface area contributed by atoms with Gasteiger partial charge in [-0.1, -0.05) is 5.57 Å². The number of rotatable bonds is 6. The van der Waals surface area contributed by atoms with E-state index in [0.717, 1.165) is 5.57 Å². The number of likely N-dealkylation sites (N-methyl/N-ethyl adjacent to an activating group) is 1. The van der Waals surface area contributed by atoms with Crippen molar-refractivity contribution in [1.29, 1.82) is 0 Å². The maximum absolute atomic E-state index is 11.8. The number of aliphatic carboxylic acids is 1. The van der Waals surface area contributed by atoms with Crippen LogP contribution in [0.1, 0.15) is 33.1 Å². The predicted molar refractivity (Wildman–Crippen MR) is 61.0 cm³/mol. The lowest BCUT2D eigenvalue weighted by molar-refractivity contribution is -0.137. The number of hydrogen-bond acceptors (Lipinski definition) is 2. The first-order valence-corrected chi connectivity index (χ1v) is 5.73. The number of carbonyl (C=O) groups excluding carboxylic acids is 1. The van der Waals surface area contributed by atoms with Crippen LogP contribution in [0.25, 0.3) is 0 Å². The number of carboxylic acid groups (broad SMARTS) is 1. The van der Waals surface area contributed by atoms with Crippen LogP contribution in [0.4, 0.5) is 0 Å². The van der Waals surface area contributed by atoms with Crippen molar-refractivity contribution >= 4 is 11.9 Å². The van der Waals surface area contributed by atoms with Gasteiger partial charge in [0.05, 0.1) is 6.42 Å². The normalized spacial score (nSPS) is 16.0. The molecule has 4 heteroatoms. The Morgan fingerprint density at radius 1 is 1.44 bits per heavy atom. The second-order valence-corrected chi connectivity index (χ2v) is 4.22. The standard InChI is InChI=1S/C12H19NO3/c1-3-13(7-6-12(15)16)11(14)8-9(2)10-4-5-10/h8,10H,3-7H2,1-2H3,(H,15,16)/b9-8-. The average molecular weight is 225 g/mol. The average Bonchev–Trinajstić information content (AvgIpc) is 3.01. The van der Waals surface area contributed by atoms with E-state index >= 15 is 0 Å². The number of allylic oxidation sites excluding steroid dienone is 1. The van der Waals surface area contributed by atoms with Crippen molar-refractivity contribution in [2.24, 2.45) is 5.92 Å². The van der Waals surface area contributed by atoms with Gasteiger partial charge in [-0.3, -0.25) is 9.59 Å². The van der Waals surface area contributed by atoms with Crippen LogP contribution in [0.2, 0.25) is 0 Å². The Morgan fingerprint density at radius 3 is 2.50 bits per heavy atom. The van der Waals surface area contributed by atoms with Crippen molar-refractivity contribution in [1.82, 2.24) is 4.90 Å². The molecule has 0 bridgehead atoms. The molecule has 1 rings (SSSR count). The zero-order chi connectivity index (χ0) is 12.1. The molecule has 4 nitrogen and oxygen atoms in total. The molecule has 16 heavy (non-hydrogen) atoms. The van der Waals surface area contributed by atoms with Crippen molar-refractivity contribution < 1.29 is 14.7 Å². The van der Waals surface area contributed by atoms with Crippen LogP contribution in [-0.4, -0.2) is 35.0 Å². The van der Waals surface area contributed by atoms with Crippen LogP contribution < -0.4 is 0 Å². The molecular formula is C12H19NO3. The van der Waals surface area contributed by atoms with Gasteiger partial charge in [0.1, 0.15) is 0 Å². The summed E-state index contributed by atoms with van der Waals surface area (Å²) < 4.78 is 0. The molecule has 0 spiro atoms. The molecule has 0 saturated heterocycles. The van der Waals surface area contributed by atoms with E-state index in [9.17, 15) is 9.59 Å². The highest BCUT2D eigenvalue weighted by Gasteiger charge is 2.24. The summed E-state index contributed by atoms with van der Waals surface area (Å²) in [7, 11) is 0. The summed E-state index contributed by atoms with van der Waals surface area (Å²) in [6, 6.07) is 0. The van der Waals surface area contributed by atoms with E-state index in [1.165, 1.54) is 12.8 Å². The maximum atomic E-state index is 11.8. The summed E-state index contributed by atoms with van der Waals surface area (Å²) in [4.78, 5) is 23.8. The van der Waals surface area contributed by atoms with E-state index in [1.807, 2.05) is 13.8 Å². The monoisotopic (exact) mass is 225 g/mol. The molecule has 1 aliphatic carbocycles. The summed E-state index contributed by atoms with van der Waals surface area (Å²) >= 11 is 0. The van der Waals surface area contributed by atoms with Crippen LogP contribution in [-0.2, 0) is 9.59 Å². The lowest BCUT2D eigenvalue weighted by atomic mass is 10.2. The fourth-order valence-corrected chi connectivity index (χ4v) is 1.60. The topological polar surface area (TPSA) is 57.6 Å². The minimum atomic E-state index is -0.867. The van der Waals surface area contributed by atoms with E-state index in [1.54, 1.807) is 11.0 Å². The van der Waals surface area contributed by atoms with E-state index < -0.39 is 5.97 Å². The zero-order valence-corrected chi connectivity index (χ0v) is 9.90. The molecule has 1 aliphatic rings. The SMILES string of the molecule is CCN(CCC(=O)O)C(=O)/C=C(/C)C1CC1. The first-order chi connectivity index (χ1) is 7.54. The van der Waals surface area contributed by atoms with Crippen molar-refractivity contribution in [3.05, 3.63) is 11.6 Å². The lowest BCUT2D eigenvalue weighted by Gasteiger charge is -2.18. The van der Waals surface area contributed by atoms with Crippen molar-refractivity contribution in [2.45, 2.75) is 33.1 Å². The number of carboxylic acids is 1. The molecule has 0 unspecified atom stereocenters. The van der Waals surface area contributed by atoms with Gasteiger partial charge in [0.15, 0.2) is 0 Å². The number of hydrogen-bond donors (Lipinski definition) is 1. The quantitative estimate of drug-likeness (QED) is 0.699. The van der Waals surface area contributed by atoms with Gasteiger partial charge in [0.25, 0.3) is 0 Å². The van der Waals surface area contributed by atoms with Crippen LogP contribution in [0.15, 0.2) is 11.6 Å². The first-order valence-electron chi connectivity index (χ1n) is 5.73. The number of carbonyl (C=O) groups is 2. The van der Waals surface area contributed by atoms with Crippen LogP contribution in [0.5, 0.6) is 0 Å². The molecule has 1 saturated carbocycles. The van der Waals surface area contributed by atoms with E-state index in [4.69, 9.17) is 5.11 Å². The second kappa shape index (κ2) is 5.68. The summed E-state index contributed by atoms with van der Waals surface area (Å²) in [5.41, 5.74) is 1.12. The molecular weight excluding hydrogens is 206 g/mol. The van der Waals surface area contributed by atoms with Gasteiger partial charge in [0, 0.05) is 19.2 Å². The van der Waals surface area contributed by atoms with Crippen LogP contribution in [0, 0.1) is 5.92 Å². The summed E-state index contributed by atoms with van der Waals surface area (Å²) in [5.74, 6) is -0.343. The van der Waals surface area contributed by atoms with E-state index in [0.29, 0.717) is 19.0 Å². The van der Waals surface area contributed by atoms with Gasteiger partial charge < -0.3 is 10.0 Å². The molecule has 0 heterocycles. The molecule has 90 valence electrons. The smallest absolute Gasteiger partial charge is 0.305 e. The first kappa shape index (κ1) is 12.7. The summed E-state index contributed by atoms with van der Waals surface area (Å²) in [5, 5.41) is 8.57. The molecule has 1 fully saturated rings. The molecule has 1 N–H and O–H groups in total. The Bertz CT molecular complexity index is 305. The van der Waals surface area contributed by atoms with Crippen LogP contribution >= 0.6 is 0 Å². The van der Waals surface area contributed by atoms with Crippen molar-refractivity contribution in [3.8, 4) is 0 Å². The molecule has 0 aromatic carbocycles. The molecule has 0 radical (unpaired) electrons. The highest BCUT2D eigenvalue weighted by molar-refractivity contribution is 5.88. The lowest BCUT2D eigenvalue weighted by Crippen LogP contribution is -2.31. The minimum absolute atomic E-state index is 0.00982. The highest BCUT2D eigenvalue weighted by Crippen LogP contribution is 2.35. The Balaban J connectivity index is 2.47. The molecule has 1 amide bonds. The molecule has 0 aliphatic heterocycles. The minimum Gasteiger partial charge on any atom is -0.481 e. The fourth-order valence-electron chi connectivity index (χ4n) is 1.60. The molecule has 0 aromatic heterocycles. The fraction of sp³-hybridized carbons (Fsp3) is 0.667. The zero-order valence-electron chi connectivity index (χ0n) is 9.90. The highest BCUT2D eigenvalue weighted by atomic mass is 16.4. The number of nitrogens with zero attached hydrogens (tertiary/aromatic N) is 1. The van der Waals surface area contributed by atoms with Crippen molar-refractivity contribution in [3.63, 3.8) is 0 Å². The number of amides is 1. The van der Waals surface area contributed by atoms with Crippen molar-refractivity contribution in [2.75, 3.05) is 13.1 Å². The maximum Gasteiger partial charge on any atom is 0.305 e. The van der Waals surface area contributed by atoms with Gasteiger partial charge in [-0.25, -0.2) is 0 Å². The second-order valence-electron chi connectivity index (χ2n) is 4.22. The Morgan fingerprint density at radius 2 is 2.06 bits per heavy atom. The van der Waals surface area contributed by atoms with Gasteiger partial charge in [-0.15, -0.1) is 0 Å². The Labute approximate surface area is 95.9 Å². The third-order valence-corrected chi connectivity index (χ3v) is 2.86. The predicted octanol–water partition coefficient (Wildman–Crippen LogP) is 1.67. The Hall–Kier alpha value is -1.32. The van der Waals surface area contributed by atoms with E-state index in [-0.39, 0.29) is 12.3 Å². The van der Waals surface area contributed by atoms with E-state index in [2.05, 4.69) is 0 Å². The van der Waals surface area contributed by atoms with Gasteiger partial charge >= 0.3 is 5.97 Å². The molecule has 0 atom stereocenters. The summed E-state index contributed by atoms with van der Waals surface area (Å²) in [6.07, 6.45) is 4.02. The van der Waals surface area contributed by atoms with Crippen LogP contribution in [0.3, 0.4) is 0 Å². The molecule has 0 aromatic rings. The Kier molecular flexibility index (Phi) is 4.52. The van der Waals surface area contributed by atoms with Gasteiger partial charge in [0.2, 0.25) is 5.91 Å². The largest absolute Gasteiger partial charge is 0.481 e. The van der Waals surface area contributed by atoms with Gasteiger partial charge in [-0.2, -0.15) is 0 Å². The third kappa shape index (κ3) is 4.04.